The molecule has 9 heteroatoms. The SMILES string of the molecule is COc1ccc(OC)c(NC(=O)c2cc(S(=O)(=O)N3CCCCCC3)ccc2Cl)c1. The molecule has 0 radical (unpaired) electrons. The lowest BCUT2D eigenvalue weighted by Gasteiger charge is -2.20. The molecule has 2 aromatic carbocycles. The Kier molecular flexibility index (Phi) is 7.23. The monoisotopic (exact) mass is 452 g/mol. The molecule has 1 amide bonds. The third kappa shape index (κ3) is 4.88. The number of carbonyl (C=O) groups excluding carboxylic acids is 1. The Balaban J connectivity index is 1.91. The number of carbonyl (C=O) groups is 1. The number of methoxy groups -OCH3 is 2. The van der Waals surface area contributed by atoms with Crippen molar-refractivity contribution in [3.8, 4) is 11.5 Å². The van der Waals surface area contributed by atoms with Crippen molar-refractivity contribution in [1.29, 1.82) is 0 Å². The minimum atomic E-state index is -3.70. The Bertz CT molecular complexity index is 1020. The first-order valence-corrected chi connectivity index (χ1v) is 11.5. The van der Waals surface area contributed by atoms with Crippen molar-refractivity contribution in [2.45, 2.75) is 30.6 Å². The summed E-state index contributed by atoms with van der Waals surface area (Å²) in [6, 6.07) is 9.18. The average Bonchev–Trinajstić information content (AvgIpc) is 3.04. The maximum atomic E-state index is 13.1. The van der Waals surface area contributed by atoms with E-state index in [1.807, 2.05) is 0 Å². The van der Waals surface area contributed by atoms with Gasteiger partial charge >= 0.3 is 0 Å². The minimum absolute atomic E-state index is 0.0524. The Labute approximate surface area is 182 Å². The summed E-state index contributed by atoms with van der Waals surface area (Å²) in [5.41, 5.74) is 0.455. The number of ether oxygens (including phenoxy) is 2. The van der Waals surface area contributed by atoms with Crippen molar-refractivity contribution in [3.05, 3.63) is 47.0 Å². The van der Waals surface area contributed by atoms with Crippen LogP contribution in [0.25, 0.3) is 0 Å². The number of hydrogen-bond acceptors (Lipinski definition) is 5. The van der Waals surface area contributed by atoms with Crippen molar-refractivity contribution in [2.75, 3.05) is 32.6 Å². The Morgan fingerprint density at radius 3 is 2.33 bits per heavy atom. The van der Waals surface area contributed by atoms with Gasteiger partial charge in [0.1, 0.15) is 11.5 Å². The van der Waals surface area contributed by atoms with E-state index in [0.717, 1.165) is 25.7 Å². The van der Waals surface area contributed by atoms with Gasteiger partial charge in [-0.25, -0.2) is 8.42 Å². The molecule has 0 unspecified atom stereocenters. The molecule has 1 saturated heterocycles. The number of anilines is 1. The van der Waals surface area contributed by atoms with Gasteiger partial charge in [0.2, 0.25) is 10.0 Å². The van der Waals surface area contributed by atoms with Crippen molar-refractivity contribution in [2.24, 2.45) is 0 Å². The second-order valence-electron chi connectivity index (χ2n) is 6.98. The van der Waals surface area contributed by atoms with Crippen LogP contribution < -0.4 is 14.8 Å². The van der Waals surface area contributed by atoms with Gasteiger partial charge in [0, 0.05) is 19.2 Å². The molecule has 1 fully saturated rings. The molecule has 0 atom stereocenters. The summed E-state index contributed by atoms with van der Waals surface area (Å²) >= 11 is 6.23. The molecule has 1 aliphatic heterocycles. The van der Waals surface area contributed by atoms with Crippen LogP contribution in [-0.2, 0) is 10.0 Å². The number of rotatable bonds is 6. The van der Waals surface area contributed by atoms with E-state index in [1.54, 1.807) is 18.2 Å². The highest BCUT2D eigenvalue weighted by Crippen LogP contribution is 2.31. The Morgan fingerprint density at radius 1 is 1.00 bits per heavy atom. The largest absolute Gasteiger partial charge is 0.497 e. The molecular formula is C21H25ClN2O5S. The minimum Gasteiger partial charge on any atom is -0.497 e. The second-order valence-corrected chi connectivity index (χ2v) is 9.33. The fourth-order valence-electron chi connectivity index (χ4n) is 3.37. The molecule has 1 heterocycles. The quantitative estimate of drug-likeness (QED) is 0.710. The first kappa shape index (κ1) is 22.4. The highest BCUT2D eigenvalue weighted by atomic mass is 35.5. The number of benzene rings is 2. The zero-order chi connectivity index (χ0) is 21.7. The predicted molar refractivity (Wildman–Crippen MR) is 116 cm³/mol. The number of nitrogens with one attached hydrogen (secondary N) is 1. The van der Waals surface area contributed by atoms with Gasteiger partial charge in [0.25, 0.3) is 5.91 Å². The van der Waals surface area contributed by atoms with E-state index in [1.165, 1.54) is 36.7 Å². The molecule has 1 N–H and O–H groups in total. The van der Waals surface area contributed by atoms with Gasteiger partial charge < -0.3 is 14.8 Å². The topological polar surface area (TPSA) is 84.9 Å². The predicted octanol–water partition coefficient (Wildman–Crippen LogP) is 4.17. The van der Waals surface area contributed by atoms with Crippen LogP contribution >= 0.6 is 11.6 Å². The van der Waals surface area contributed by atoms with E-state index in [2.05, 4.69) is 5.32 Å². The van der Waals surface area contributed by atoms with Gasteiger partial charge in [0.15, 0.2) is 0 Å². The summed E-state index contributed by atoms with van der Waals surface area (Å²) in [6.45, 7) is 0.959. The van der Waals surface area contributed by atoms with Crippen LogP contribution in [0.4, 0.5) is 5.69 Å². The summed E-state index contributed by atoms with van der Waals surface area (Å²) in [6.07, 6.45) is 3.69. The third-order valence-electron chi connectivity index (χ3n) is 5.04. The van der Waals surface area contributed by atoms with Crippen LogP contribution in [-0.4, -0.2) is 45.9 Å². The molecule has 0 saturated carbocycles. The zero-order valence-electron chi connectivity index (χ0n) is 17.0. The van der Waals surface area contributed by atoms with Gasteiger partial charge in [-0.15, -0.1) is 0 Å². The first-order chi connectivity index (χ1) is 14.4. The van der Waals surface area contributed by atoms with E-state index in [-0.39, 0.29) is 15.5 Å². The highest BCUT2D eigenvalue weighted by molar-refractivity contribution is 7.89. The van der Waals surface area contributed by atoms with E-state index < -0.39 is 15.9 Å². The van der Waals surface area contributed by atoms with Crippen LogP contribution in [0.1, 0.15) is 36.0 Å². The van der Waals surface area contributed by atoms with Gasteiger partial charge in [-0.2, -0.15) is 4.31 Å². The second kappa shape index (κ2) is 9.68. The summed E-state index contributed by atoms with van der Waals surface area (Å²) in [4.78, 5) is 13.0. The van der Waals surface area contributed by atoms with E-state index >= 15 is 0 Å². The van der Waals surface area contributed by atoms with E-state index in [9.17, 15) is 13.2 Å². The van der Waals surface area contributed by atoms with Gasteiger partial charge in [-0.05, 0) is 43.2 Å². The smallest absolute Gasteiger partial charge is 0.257 e. The number of halogens is 1. The number of amides is 1. The van der Waals surface area contributed by atoms with Crippen LogP contribution in [0.5, 0.6) is 11.5 Å². The number of nitrogens with zero attached hydrogens (tertiary/aromatic N) is 1. The van der Waals surface area contributed by atoms with Gasteiger partial charge in [-0.1, -0.05) is 24.4 Å². The van der Waals surface area contributed by atoms with Gasteiger partial charge in [-0.3, -0.25) is 4.79 Å². The maximum Gasteiger partial charge on any atom is 0.257 e. The van der Waals surface area contributed by atoms with Crippen LogP contribution in [0.15, 0.2) is 41.3 Å². The molecule has 0 aromatic heterocycles. The normalized spacial score (nSPS) is 15.3. The molecule has 0 aliphatic carbocycles. The molecule has 0 spiro atoms. The molecule has 7 nitrogen and oxygen atoms in total. The molecule has 162 valence electrons. The fraction of sp³-hybridized carbons (Fsp3) is 0.381. The van der Waals surface area contributed by atoms with Gasteiger partial charge in [0.05, 0.1) is 35.4 Å². The summed E-state index contributed by atoms with van der Waals surface area (Å²) in [7, 11) is -0.704. The molecule has 1 aliphatic rings. The summed E-state index contributed by atoms with van der Waals surface area (Å²) < 4.78 is 38.1. The van der Waals surface area contributed by atoms with E-state index in [0.29, 0.717) is 30.3 Å². The molecular weight excluding hydrogens is 428 g/mol. The fourth-order valence-corrected chi connectivity index (χ4v) is 5.12. The Morgan fingerprint density at radius 2 is 1.70 bits per heavy atom. The van der Waals surface area contributed by atoms with Crippen molar-refractivity contribution < 1.29 is 22.7 Å². The van der Waals surface area contributed by atoms with Crippen molar-refractivity contribution >= 4 is 33.2 Å². The maximum absolute atomic E-state index is 13.1. The van der Waals surface area contributed by atoms with Crippen LogP contribution in [0, 0.1) is 0 Å². The lowest BCUT2D eigenvalue weighted by molar-refractivity contribution is 0.102. The molecule has 30 heavy (non-hydrogen) atoms. The summed E-state index contributed by atoms with van der Waals surface area (Å²) in [5, 5.41) is 2.88. The van der Waals surface area contributed by atoms with Crippen LogP contribution in [0.2, 0.25) is 5.02 Å². The first-order valence-electron chi connectivity index (χ1n) is 9.70. The summed E-state index contributed by atoms with van der Waals surface area (Å²) in [5.74, 6) is 0.433. The standard InChI is InChI=1S/C21H25ClN2O5S/c1-28-15-7-10-20(29-2)19(13-15)23-21(25)17-14-16(8-9-18(17)22)30(26,27)24-11-5-3-4-6-12-24/h7-10,13-14H,3-6,11-12H2,1-2H3,(H,23,25). The number of hydrogen-bond donors (Lipinski definition) is 1. The lowest BCUT2D eigenvalue weighted by atomic mass is 10.2. The highest BCUT2D eigenvalue weighted by Gasteiger charge is 2.27. The zero-order valence-corrected chi connectivity index (χ0v) is 18.6. The third-order valence-corrected chi connectivity index (χ3v) is 7.26. The average molecular weight is 453 g/mol. The molecule has 3 rings (SSSR count). The number of sulfonamides is 1. The van der Waals surface area contributed by atoms with Crippen molar-refractivity contribution in [3.63, 3.8) is 0 Å². The Hall–Kier alpha value is -2.29. The molecule has 0 bridgehead atoms. The van der Waals surface area contributed by atoms with Crippen molar-refractivity contribution in [1.82, 2.24) is 4.31 Å². The molecule has 2 aromatic rings. The lowest BCUT2D eigenvalue weighted by Crippen LogP contribution is -2.32. The van der Waals surface area contributed by atoms with Crippen LogP contribution in [0.3, 0.4) is 0 Å². The van der Waals surface area contributed by atoms with E-state index in [4.69, 9.17) is 21.1 Å².